The highest BCUT2D eigenvalue weighted by Crippen LogP contribution is 2.47. The van der Waals surface area contributed by atoms with E-state index in [2.05, 4.69) is 29.9 Å². The van der Waals surface area contributed by atoms with E-state index >= 15 is 0 Å². The molecular formula is C24H39NO3. The molecular weight excluding hydrogens is 350 g/mol. The van der Waals surface area contributed by atoms with Crippen LogP contribution in [-0.2, 0) is 9.53 Å². The summed E-state index contributed by atoms with van der Waals surface area (Å²) in [5.41, 5.74) is 0.217. The predicted octanol–water partition coefficient (Wildman–Crippen LogP) is 5.72. The SMILES string of the molecule is C/C=C\CCCC(=O)OC.CCC1(C(O)C/C=C/C2CC[C@@H](C#N)C2)CCC1. The summed E-state index contributed by atoms with van der Waals surface area (Å²) in [6, 6.07) is 2.36. The van der Waals surface area contributed by atoms with Crippen molar-refractivity contribution in [2.75, 3.05) is 7.11 Å². The highest BCUT2D eigenvalue weighted by Gasteiger charge is 2.40. The second-order valence-corrected chi connectivity index (χ2v) is 8.19. The summed E-state index contributed by atoms with van der Waals surface area (Å²) < 4.78 is 4.47. The molecule has 2 aliphatic rings. The number of aliphatic hydroxyl groups is 1. The fourth-order valence-corrected chi connectivity index (χ4v) is 4.14. The van der Waals surface area contributed by atoms with E-state index in [9.17, 15) is 9.90 Å². The number of nitrogens with zero attached hydrogens (tertiary/aromatic N) is 1. The molecule has 0 aliphatic heterocycles. The van der Waals surface area contributed by atoms with E-state index in [1.165, 1.54) is 26.4 Å². The van der Waals surface area contributed by atoms with Crippen LogP contribution in [0.3, 0.4) is 0 Å². The summed E-state index contributed by atoms with van der Waals surface area (Å²) in [6.45, 7) is 4.17. The molecule has 2 saturated carbocycles. The molecule has 4 heteroatoms. The average Bonchev–Trinajstić information content (AvgIpc) is 3.13. The third-order valence-electron chi connectivity index (χ3n) is 6.40. The average molecular weight is 390 g/mol. The van der Waals surface area contributed by atoms with Crippen LogP contribution in [0.2, 0.25) is 0 Å². The van der Waals surface area contributed by atoms with Crippen LogP contribution < -0.4 is 0 Å². The number of unbranched alkanes of at least 4 members (excludes halogenated alkanes) is 1. The van der Waals surface area contributed by atoms with Crippen molar-refractivity contribution >= 4 is 5.97 Å². The summed E-state index contributed by atoms with van der Waals surface area (Å²) in [5, 5.41) is 19.1. The van der Waals surface area contributed by atoms with Gasteiger partial charge in [-0.3, -0.25) is 4.79 Å². The number of methoxy groups -OCH3 is 1. The van der Waals surface area contributed by atoms with E-state index in [1.807, 2.05) is 19.1 Å². The van der Waals surface area contributed by atoms with Gasteiger partial charge in [0.2, 0.25) is 0 Å². The number of carbonyl (C=O) groups excluding carboxylic acids is 1. The third-order valence-corrected chi connectivity index (χ3v) is 6.40. The highest BCUT2D eigenvalue weighted by atomic mass is 16.5. The van der Waals surface area contributed by atoms with Crippen LogP contribution in [0.1, 0.15) is 84.5 Å². The van der Waals surface area contributed by atoms with Crippen molar-refractivity contribution in [3.8, 4) is 6.07 Å². The first-order valence-electron chi connectivity index (χ1n) is 10.9. The standard InChI is InChI=1S/C16H25NO.C8H14O2/c1-2-16(9-4-10-16)15(18)6-3-5-13-7-8-14(11-13)12-17;1-3-4-5-6-7-8(9)10-2/h3,5,13-15,18H,2,4,6-11H2,1H3;3-4H,5-7H2,1-2H3/b5-3+;4-3-/t13?,14-,15?;/m1./s1. The minimum Gasteiger partial charge on any atom is -0.469 e. The van der Waals surface area contributed by atoms with Crippen molar-refractivity contribution in [3.05, 3.63) is 24.3 Å². The molecule has 0 spiro atoms. The molecule has 0 amide bonds. The van der Waals surface area contributed by atoms with Gasteiger partial charge in [0.25, 0.3) is 0 Å². The molecule has 0 saturated heterocycles. The van der Waals surface area contributed by atoms with Crippen molar-refractivity contribution in [3.63, 3.8) is 0 Å². The molecule has 2 unspecified atom stereocenters. The first-order chi connectivity index (χ1) is 13.5. The Balaban J connectivity index is 0.000000336. The van der Waals surface area contributed by atoms with Crippen LogP contribution in [0, 0.1) is 28.6 Å². The van der Waals surface area contributed by atoms with Gasteiger partial charge in [-0.2, -0.15) is 5.26 Å². The molecule has 0 bridgehead atoms. The van der Waals surface area contributed by atoms with Gasteiger partial charge < -0.3 is 9.84 Å². The fraction of sp³-hybridized carbons (Fsp3) is 0.750. The molecule has 2 fully saturated rings. The zero-order valence-electron chi connectivity index (χ0n) is 18.0. The summed E-state index contributed by atoms with van der Waals surface area (Å²) in [6.07, 6.45) is 19.4. The van der Waals surface area contributed by atoms with Gasteiger partial charge in [0.05, 0.1) is 19.3 Å². The Morgan fingerprint density at radius 2 is 2.11 bits per heavy atom. The molecule has 2 aliphatic carbocycles. The molecule has 0 aromatic heterocycles. The number of ether oxygens (including phenoxy) is 1. The Morgan fingerprint density at radius 3 is 2.61 bits per heavy atom. The van der Waals surface area contributed by atoms with Crippen molar-refractivity contribution in [1.82, 2.24) is 0 Å². The van der Waals surface area contributed by atoms with Crippen molar-refractivity contribution < 1.29 is 14.6 Å². The highest BCUT2D eigenvalue weighted by molar-refractivity contribution is 5.69. The molecule has 3 atom stereocenters. The van der Waals surface area contributed by atoms with Crippen molar-refractivity contribution in [2.45, 2.75) is 90.6 Å². The second-order valence-electron chi connectivity index (χ2n) is 8.19. The number of nitriles is 1. The van der Waals surface area contributed by atoms with Gasteiger partial charge in [0, 0.05) is 12.3 Å². The van der Waals surface area contributed by atoms with Gasteiger partial charge in [-0.25, -0.2) is 0 Å². The van der Waals surface area contributed by atoms with Gasteiger partial charge in [-0.05, 0) is 76.0 Å². The third kappa shape index (κ3) is 8.19. The number of carbonyl (C=O) groups is 1. The maximum absolute atomic E-state index is 10.5. The van der Waals surface area contributed by atoms with Gasteiger partial charge >= 0.3 is 5.97 Å². The quantitative estimate of drug-likeness (QED) is 0.311. The van der Waals surface area contributed by atoms with E-state index in [0.717, 1.165) is 44.9 Å². The lowest BCUT2D eigenvalue weighted by molar-refractivity contribution is -0.140. The molecule has 28 heavy (non-hydrogen) atoms. The lowest BCUT2D eigenvalue weighted by atomic mass is 9.63. The maximum Gasteiger partial charge on any atom is 0.305 e. The number of rotatable bonds is 9. The monoisotopic (exact) mass is 389 g/mol. The lowest BCUT2D eigenvalue weighted by Crippen LogP contribution is -2.40. The topological polar surface area (TPSA) is 70.3 Å². The molecule has 0 aromatic carbocycles. The second kappa shape index (κ2) is 13.6. The van der Waals surface area contributed by atoms with Crippen LogP contribution in [0.4, 0.5) is 0 Å². The summed E-state index contributed by atoms with van der Waals surface area (Å²) >= 11 is 0. The minimum atomic E-state index is -0.166. The fourth-order valence-electron chi connectivity index (χ4n) is 4.14. The first-order valence-corrected chi connectivity index (χ1v) is 10.9. The molecule has 2 rings (SSSR count). The van der Waals surface area contributed by atoms with Crippen LogP contribution >= 0.6 is 0 Å². The molecule has 4 nitrogen and oxygen atoms in total. The zero-order chi connectivity index (χ0) is 20.8. The summed E-state index contributed by atoms with van der Waals surface area (Å²) in [5.74, 6) is 0.712. The van der Waals surface area contributed by atoms with E-state index in [1.54, 1.807) is 0 Å². The summed E-state index contributed by atoms with van der Waals surface area (Å²) in [4.78, 5) is 10.5. The van der Waals surface area contributed by atoms with Crippen molar-refractivity contribution in [1.29, 1.82) is 5.26 Å². The largest absolute Gasteiger partial charge is 0.469 e. The summed E-state index contributed by atoms with van der Waals surface area (Å²) in [7, 11) is 1.41. The zero-order valence-corrected chi connectivity index (χ0v) is 18.0. The number of hydrogen-bond donors (Lipinski definition) is 1. The normalized spacial score (nSPS) is 24.2. The van der Waals surface area contributed by atoms with Gasteiger partial charge in [-0.1, -0.05) is 37.6 Å². The molecule has 0 aromatic rings. The Labute approximate surface area is 171 Å². The molecule has 158 valence electrons. The molecule has 1 N–H and O–H groups in total. The Bertz CT molecular complexity index is 537. The number of esters is 1. The first kappa shape index (κ1) is 24.4. The molecule has 0 radical (unpaired) electrons. The van der Waals surface area contributed by atoms with E-state index in [4.69, 9.17) is 5.26 Å². The van der Waals surface area contributed by atoms with E-state index in [0.29, 0.717) is 12.3 Å². The smallest absolute Gasteiger partial charge is 0.305 e. The predicted molar refractivity (Wildman–Crippen MR) is 113 cm³/mol. The van der Waals surface area contributed by atoms with Gasteiger partial charge in [0.1, 0.15) is 0 Å². The maximum atomic E-state index is 10.5. The number of aliphatic hydroxyl groups excluding tert-OH is 1. The van der Waals surface area contributed by atoms with Crippen LogP contribution in [0.15, 0.2) is 24.3 Å². The van der Waals surface area contributed by atoms with E-state index in [-0.39, 0.29) is 23.4 Å². The number of allylic oxidation sites excluding steroid dienone is 3. The minimum absolute atomic E-state index is 0.121. The van der Waals surface area contributed by atoms with Gasteiger partial charge in [0.15, 0.2) is 0 Å². The Hall–Kier alpha value is -1.60. The lowest BCUT2D eigenvalue weighted by Gasteiger charge is -2.45. The number of hydrogen-bond acceptors (Lipinski definition) is 4. The Morgan fingerprint density at radius 1 is 1.36 bits per heavy atom. The van der Waals surface area contributed by atoms with Gasteiger partial charge in [-0.15, -0.1) is 0 Å². The van der Waals surface area contributed by atoms with E-state index < -0.39 is 0 Å². The van der Waals surface area contributed by atoms with Crippen LogP contribution in [-0.4, -0.2) is 24.3 Å². The Kier molecular flexibility index (Phi) is 11.8. The van der Waals surface area contributed by atoms with Crippen LogP contribution in [0.25, 0.3) is 0 Å². The van der Waals surface area contributed by atoms with Crippen LogP contribution in [0.5, 0.6) is 0 Å². The van der Waals surface area contributed by atoms with Crippen molar-refractivity contribution in [2.24, 2.45) is 17.3 Å². The molecule has 0 heterocycles.